The van der Waals surface area contributed by atoms with E-state index in [9.17, 15) is 13.2 Å². The number of carbonyl (C=O) groups excluding carboxylic acids is 1. The Balaban J connectivity index is 0.00000400. The lowest BCUT2D eigenvalue weighted by atomic mass is 10.2. The Kier molecular flexibility index (Phi) is 6.88. The number of nitrogens with two attached hydrogens (primary N) is 1. The number of halogens is 1. The van der Waals surface area contributed by atoms with Gasteiger partial charge in [-0.1, -0.05) is 0 Å². The molecule has 0 spiro atoms. The molecule has 1 aromatic rings. The lowest BCUT2D eigenvalue weighted by molar-refractivity contribution is 0.0594. The number of aryl methyl sites for hydroxylation is 2. The van der Waals surface area contributed by atoms with Crippen molar-refractivity contribution < 1.29 is 22.4 Å². The molecule has 1 aromatic heterocycles. The van der Waals surface area contributed by atoms with Crippen LogP contribution in [0.5, 0.6) is 0 Å². The topological polar surface area (TPSA) is 103 Å². The summed E-state index contributed by atoms with van der Waals surface area (Å²) < 4.78 is 36.2. The molecular formula is C12H21ClN2O5S. The van der Waals surface area contributed by atoms with Crippen LogP contribution in [0.1, 0.15) is 28.8 Å². The Morgan fingerprint density at radius 3 is 2.33 bits per heavy atom. The minimum atomic E-state index is -3.89. The van der Waals surface area contributed by atoms with E-state index in [2.05, 4.69) is 4.74 Å². The Morgan fingerprint density at radius 1 is 1.38 bits per heavy atom. The second kappa shape index (κ2) is 7.26. The Bertz CT molecular complexity index is 611. The van der Waals surface area contributed by atoms with Crippen LogP contribution < -0.4 is 5.73 Å². The van der Waals surface area contributed by atoms with Crippen molar-refractivity contribution in [3.63, 3.8) is 0 Å². The molecule has 0 saturated heterocycles. The molecule has 0 aliphatic rings. The first kappa shape index (κ1) is 19.9. The van der Waals surface area contributed by atoms with Gasteiger partial charge in [0.2, 0.25) is 10.0 Å². The van der Waals surface area contributed by atoms with Gasteiger partial charge in [0.15, 0.2) is 0 Å². The molecule has 0 radical (unpaired) electrons. The molecule has 21 heavy (non-hydrogen) atoms. The van der Waals surface area contributed by atoms with Gasteiger partial charge in [0.1, 0.15) is 22.0 Å². The maximum absolute atomic E-state index is 12.6. The van der Waals surface area contributed by atoms with Crippen molar-refractivity contribution in [2.45, 2.75) is 31.7 Å². The average molecular weight is 341 g/mol. The maximum atomic E-state index is 12.6. The summed E-state index contributed by atoms with van der Waals surface area (Å²) in [6.45, 7) is 4.86. The number of hydrogen-bond donors (Lipinski definition) is 1. The fourth-order valence-electron chi connectivity index (χ4n) is 1.84. The number of nitrogens with zero attached hydrogens (tertiary/aromatic N) is 1. The van der Waals surface area contributed by atoms with Gasteiger partial charge in [-0.15, -0.1) is 12.4 Å². The highest BCUT2D eigenvalue weighted by molar-refractivity contribution is 7.89. The molecule has 1 heterocycles. The predicted octanol–water partition coefficient (Wildman–Crippen LogP) is 1.07. The molecule has 0 saturated carbocycles. The summed E-state index contributed by atoms with van der Waals surface area (Å²) in [6, 6.07) is -0.403. The van der Waals surface area contributed by atoms with Gasteiger partial charge < -0.3 is 14.9 Å². The molecule has 0 amide bonds. The molecule has 1 atom stereocenters. The van der Waals surface area contributed by atoms with Crippen LogP contribution in [0.4, 0.5) is 0 Å². The quantitative estimate of drug-likeness (QED) is 0.804. The van der Waals surface area contributed by atoms with E-state index in [1.165, 1.54) is 28.0 Å². The normalized spacial score (nSPS) is 12.9. The van der Waals surface area contributed by atoms with Crippen LogP contribution in [-0.4, -0.2) is 45.4 Å². The van der Waals surface area contributed by atoms with E-state index >= 15 is 0 Å². The maximum Gasteiger partial charge on any atom is 0.342 e. The zero-order valence-electron chi connectivity index (χ0n) is 12.7. The monoisotopic (exact) mass is 340 g/mol. The molecule has 0 fully saturated rings. The van der Waals surface area contributed by atoms with Crippen LogP contribution in [0.15, 0.2) is 9.31 Å². The van der Waals surface area contributed by atoms with E-state index in [1.807, 2.05) is 0 Å². The van der Waals surface area contributed by atoms with Gasteiger partial charge >= 0.3 is 5.97 Å². The number of methoxy groups -OCH3 is 1. The molecule has 122 valence electrons. The third kappa shape index (κ3) is 3.57. The SMILES string of the molecule is COC(=O)c1c(C)oc(C)c1S(=O)(=O)N(C)C(C)CN.Cl. The van der Waals surface area contributed by atoms with Crippen molar-refractivity contribution in [3.8, 4) is 0 Å². The minimum absolute atomic E-state index is 0. The Hall–Kier alpha value is -1.09. The van der Waals surface area contributed by atoms with E-state index in [-0.39, 0.29) is 40.9 Å². The highest BCUT2D eigenvalue weighted by Gasteiger charge is 2.35. The molecule has 1 rings (SSSR count). The van der Waals surface area contributed by atoms with Gasteiger partial charge in [0, 0.05) is 19.6 Å². The summed E-state index contributed by atoms with van der Waals surface area (Å²) in [5.41, 5.74) is 5.43. The largest absolute Gasteiger partial charge is 0.465 e. The Morgan fingerprint density at radius 2 is 1.90 bits per heavy atom. The standard InChI is InChI=1S/C12H20N2O5S.ClH/c1-7(6-13)14(4)20(16,17)11-9(3)19-8(2)10(11)12(15)18-5;/h7H,6,13H2,1-5H3;1H. The lowest BCUT2D eigenvalue weighted by Crippen LogP contribution is -2.40. The number of hydrogen-bond acceptors (Lipinski definition) is 6. The van der Waals surface area contributed by atoms with Gasteiger partial charge in [-0.05, 0) is 20.8 Å². The zero-order valence-corrected chi connectivity index (χ0v) is 14.3. The number of sulfonamides is 1. The predicted molar refractivity (Wildman–Crippen MR) is 80.2 cm³/mol. The molecule has 0 aliphatic carbocycles. The average Bonchev–Trinajstić information content (AvgIpc) is 2.71. The number of carbonyl (C=O) groups is 1. The number of furan rings is 1. The van der Waals surface area contributed by atoms with Gasteiger partial charge in [-0.25, -0.2) is 13.2 Å². The Labute approximate surface area is 130 Å². The van der Waals surface area contributed by atoms with Crippen LogP contribution in [0.3, 0.4) is 0 Å². The van der Waals surface area contributed by atoms with Crippen molar-refractivity contribution >= 4 is 28.4 Å². The number of esters is 1. The van der Waals surface area contributed by atoms with Crippen LogP contribution in [0.25, 0.3) is 0 Å². The highest BCUT2D eigenvalue weighted by Crippen LogP contribution is 2.29. The van der Waals surface area contributed by atoms with Crippen molar-refractivity contribution in [3.05, 3.63) is 17.1 Å². The lowest BCUT2D eigenvalue weighted by Gasteiger charge is -2.23. The molecule has 2 N–H and O–H groups in total. The molecule has 9 heteroatoms. The van der Waals surface area contributed by atoms with E-state index in [1.54, 1.807) is 6.92 Å². The molecular weight excluding hydrogens is 320 g/mol. The third-order valence-electron chi connectivity index (χ3n) is 3.19. The molecule has 1 unspecified atom stereocenters. The summed E-state index contributed by atoms with van der Waals surface area (Å²) in [5, 5.41) is 0. The second-order valence-corrected chi connectivity index (χ2v) is 6.45. The van der Waals surface area contributed by atoms with Crippen molar-refractivity contribution in [2.75, 3.05) is 20.7 Å². The van der Waals surface area contributed by atoms with Crippen LogP contribution in [0, 0.1) is 13.8 Å². The number of ether oxygens (including phenoxy) is 1. The van der Waals surface area contributed by atoms with Crippen LogP contribution in [-0.2, 0) is 14.8 Å². The van der Waals surface area contributed by atoms with Gasteiger partial charge in [-0.3, -0.25) is 0 Å². The number of rotatable bonds is 5. The van der Waals surface area contributed by atoms with Crippen molar-refractivity contribution in [1.82, 2.24) is 4.31 Å². The summed E-state index contributed by atoms with van der Waals surface area (Å²) in [6.07, 6.45) is 0. The summed E-state index contributed by atoms with van der Waals surface area (Å²) >= 11 is 0. The van der Waals surface area contributed by atoms with E-state index in [0.717, 1.165) is 4.31 Å². The van der Waals surface area contributed by atoms with E-state index in [0.29, 0.717) is 0 Å². The fraction of sp³-hybridized carbons (Fsp3) is 0.583. The second-order valence-electron chi connectivity index (χ2n) is 4.52. The van der Waals surface area contributed by atoms with Gasteiger partial charge in [0.05, 0.1) is 7.11 Å². The molecule has 0 bridgehead atoms. The molecule has 7 nitrogen and oxygen atoms in total. The zero-order chi connectivity index (χ0) is 15.7. The summed E-state index contributed by atoms with van der Waals surface area (Å²) in [7, 11) is -1.29. The molecule has 0 aliphatic heterocycles. The van der Waals surface area contributed by atoms with Crippen molar-refractivity contribution in [1.29, 1.82) is 0 Å². The number of likely N-dealkylation sites (N-methyl/N-ethyl adjacent to an activating group) is 1. The first-order chi connectivity index (χ1) is 9.18. The first-order valence-electron chi connectivity index (χ1n) is 6.04. The van der Waals surface area contributed by atoms with E-state index in [4.69, 9.17) is 10.2 Å². The van der Waals surface area contributed by atoms with Crippen LogP contribution in [0.2, 0.25) is 0 Å². The third-order valence-corrected chi connectivity index (χ3v) is 5.32. The van der Waals surface area contributed by atoms with E-state index < -0.39 is 22.0 Å². The van der Waals surface area contributed by atoms with Crippen molar-refractivity contribution in [2.24, 2.45) is 5.73 Å². The summed E-state index contributed by atoms with van der Waals surface area (Å²) in [5.74, 6) is -0.382. The fourth-order valence-corrected chi connectivity index (χ4v) is 3.58. The highest BCUT2D eigenvalue weighted by atomic mass is 35.5. The van der Waals surface area contributed by atoms with Crippen LogP contribution >= 0.6 is 12.4 Å². The first-order valence-corrected chi connectivity index (χ1v) is 7.48. The molecule has 0 aromatic carbocycles. The van der Waals surface area contributed by atoms with Gasteiger partial charge in [-0.2, -0.15) is 4.31 Å². The smallest absolute Gasteiger partial charge is 0.342 e. The van der Waals surface area contributed by atoms with Gasteiger partial charge in [0.25, 0.3) is 0 Å². The minimum Gasteiger partial charge on any atom is -0.465 e. The summed E-state index contributed by atoms with van der Waals surface area (Å²) in [4.78, 5) is 11.6.